The van der Waals surface area contributed by atoms with E-state index in [0.29, 0.717) is 12.3 Å². The third-order valence-corrected chi connectivity index (χ3v) is 1.88. The molecule has 0 saturated carbocycles. The lowest BCUT2D eigenvalue weighted by Crippen LogP contribution is -2.12. The highest BCUT2D eigenvalue weighted by atomic mass is 16.4. The molecule has 1 aromatic rings. The highest BCUT2D eigenvalue weighted by Gasteiger charge is 2.07. The molecule has 0 bridgehead atoms. The Kier molecular flexibility index (Phi) is 2.10. The Morgan fingerprint density at radius 3 is 2.93 bits per heavy atom. The zero-order valence-corrected chi connectivity index (χ0v) is 7.36. The zero-order valence-electron chi connectivity index (χ0n) is 7.36. The van der Waals surface area contributed by atoms with E-state index in [2.05, 4.69) is 5.32 Å². The molecule has 1 aromatic heterocycles. The van der Waals surface area contributed by atoms with Crippen molar-refractivity contribution in [3.05, 3.63) is 46.7 Å². The maximum absolute atomic E-state index is 11.0. The van der Waals surface area contributed by atoms with Gasteiger partial charge in [0.2, 0.25) is 0 Å². The maximum atomic E-state index is 11.0. The van der Waals surface area contributed by atoms with E-state index in [1.54, 1.807) is 6.20 Å². The molecule has 2 rings (SSSR count). The van der Waals surface area contributed by atoms with Crippen LogP contribution in [0.5, 0.6) is 5.75 Å². The average Bonchev–Trinajstić information content (AvgIpc) is 2.18. The lowest BCUT2D eigenvalue weighted by atomic mass is 10.1. The van der Waals surface area contributed by atoms with Gasteiger partial charge in [-0.05, 0) is 12.3 Å². The summed E-state index contributed by atoms with van der Waals surface area (Å²) in [6, 6.07) is 2.46. The molecule has 4 nitrogen and oxygen atoms in total. The van der Waals surface area contributed by atoms with Crippen LogP contribution in [0.1, 0.15) is 5.76 Å². The minimum absolute atomic E-state index is 0.0771. The average molecular weight is 191 g/mol. The summed E-state index contributed by atoms with van der Waals surface area (Å²) in [5, 5.41) is 12.2. The van der Waals surface area contributed by atoms with Crippen LogP contribution in [0.15, 0.2) is 39.7 Å². The van der Waals surface area contributed by atoms with Gasteiger partial charge < -0.3 is 14.8 Å². The molecule has 0 spiro atoms. The predicted molar refractivity (Wildman–Crippen MR) is 51.8 cm³/mol. The highest BCUT2D eigenvalue weighted by Crippen LogP contribution is 2.17. The molecule has 0 saturated heterocycles. The van der Waals surface area contributed by atoms with Crippen LogP contribution < -0.4 is 10.9 Å². The predicted octanol–water partition coefficient (Wildman–Crippen LogP) is 0.846. The van der Waals surface area contributed by atoms with Gasteiger partial charge in [0, 0.05) is 18.2 Å². The lowest BCUT2D eigenvalue weighted by molar-refractivity contribution is 0.442. The summed E-state index contributed by atoms with van der Waals surface area (Å²) in [5.41, 5.74) is 0.288. The number of nitrogens with one attached hydrogen (secondary N) is 1. The fraction of sp³-hybridized carbons (Fsp3) is 0.100. The number of aromatic hydroxyl groups is 1. The van der Waals surface area contributed by atoms with Gasteiger partial charge in [0.15, 0.2) is 0 Å². The molecule has 2 heterocycles. The van der Waals surface area contributed by atoms with E-state index in [4.69, 9.17) is 4.42 Å². The quantitative estimate of drug-likeness (QED) is 0.690. The number of rotatable bonds is 1. The van der Waals surface area contributed by atoms with Crippen molar-refractivity contribution >= 4 is 5.57 Å². The van der Waals surface area contributed by atoms with E-state index in [1.807, 2.05) is 12.2 Å². The van der Waals surface area contributed by atoms with Gasteiger partial charge in [0.25, 0.3) is 0 Å². The molecular weight excluding hydrogens is 182 g/mol. The Morgan fingerprint density at radius 1 is 1.43 bits per heavy atom. The minimum Gasteiger partial charge on any atom is -0.508 e. The number of hydrogen-bond donors (Lipinski definition) is 2. The van der Waals surface area contributed by atoms with E-state index in [0.717, 1.165) is 11.6 Å². The summed E-state index contributed by atoms with van der Waals surface area (Å²) in [5.74, 6) is 0.318. The number of dihydropyridines is 1. The summed E-state index contributed by atoms with van der Waals surface area (Å²) in [6.45, 7) is 0.586. The summed E-state index contributed by atoms with van der Waals surface area (Å²) < 4.78 is 4.94. The molecule has 0 aromatic carbocycles. The minimum atomic E-state index is -0.546. The Morgan fingerprint density at radius 2 is 2.29 bits per heavy atom. The monoisotopic (exact) mass is 191 g/mol. The zero-order chi connectivity index (χ0) is 9.97. The Hall–Kier alpha value is -1.97. The molecule has 14 heavy (non-hydrogen) atoms. The third kappa shape index (κ3) is 1.69. The van der Waals surface area contributed by atoms with Crippen LogP contribution in [0.25, 0.3) is 5.57 Å². The van der Waals surface area contributed by atoms with Crippen LogP contribution in [-0.2, 0) is 0 Å². The van der Waals surface area contributed by atoms with E-state index in [9.17, 15) is 9.90 Å². The molecule has 0 fully saturated rings. The second kappa shape index (κ2) is 3.41. The fourth-order valence-electron chi connectivity index (χ4n) is 1.25. The first-order chi connectivity index (χ1) is 6.75. The maximum Gasteiger partial charge on any atom is 0.339 e. The molecule has 0 radical (unpaired) electrons. The molecule has 1 aliphatic heterocycles. The van der Waals surface area contributed by atoms with Gasteiger partial charge in [0.05, 0.1) is 6.07 Å². The molecule has 0 unspecified atom stereocenters. The first kappa shape index (κ1) is 8.62. The number of allylic oxidation sites excluding steroid dienone is 2. The first-order valence-corrected chi connectivity index (χ1v) is 4.19. The molecule has 2 N–H and O–H groups in total. The van der Waals surface area contributed by atoms with Crippen LogP contribution in [0.2, 0.25) is 0 Å². The summed E-state index contributed by atoms with van der Waals surface area (Å²) >= 11 is 0. The van der Waals surface area contributed by atoms with Crippen molar-refractivity contribution in [2.75, 3.05) is 6.54 Å². The first-order valence-electron chi connectivity index (χ1n) is 4.19. The molecule has 1 aliphatic rings. The van der Waals surface area contributed by atoms with Crippen LogP contribution >= 0.6 is 0 Å². The van der Waals surface area contributed by atoms with Gasteiger partial charge in [-0.2, -0.15) is 0 Å². The second-order valence-electron chi connectivity index (χ2n) is 2.93. The Bertz CT molecular complexity index is 457. The van der Waals surface area contributed by atoms with Gasteiger partial charge >= 0.3 is 5.63 Å². The largest absolute Gasteiger partial charge is 0.508 e. The van der Waals surface area contributed by atoms with Crippen LogP contribution in [0.3, 0.4) is 0 Å². The van der Waals surface area contributed by atoms with Crippen molar-refractivity contribution < 1.29 is 9.52 Å². The van der Waals surface area contributed by atoms with E-state index >= 15 is 0 Å². The molecule has 0 amide bonds. The third-order valence-electron chi connectivity index (χ3n) is 1.88. The van der Waals surface area contributed by atoms with Crippen molar-refractivity contribution in [2.45, 2.75) is 0 Å². The fourth-order valence-corrected chi connectivity index (χ4v) is 1.25. The van der Waals surface area contributed by atoms with Crippen molar-refractivity contribution in [3.63, 3.8) is 0 Å². The van der Waals surface area contributed by atoms with Crippen LogP contribution in [0.4, 0.5) is 0 Å². The number of hydrogen-bond acceptors (Lipinski definition) is 4. The second-order valence-corrected chi connectivity index (χ2v) is 2.93. The van der Waals surface area contributed by atoms with Gasteiger partial charge in [-0.1, -0.05) is 6.08 Å². The van der Waals surface area contributed by atoms with Crippen molar-refractivity contribution in [2.24, 2.45) is 0 Å². The topological polar surface area (TPSA) is 62.5 Å². The molecular formula is C10H9NO3. The lowest BCUT2D eigenvalue weighted by Gasteiger charge is -2.09. The van der Waals surface area contributed by atoms with E-state index < -0.39 is 5.63 Å². The van der Waals surface area contributed by atoms with Gasteiger partial charge in [0.1, 0.15) is 11.5 Å². The van der Waals surface area contributed by atoms with Crippen LogP contribution in [-0.4, -0.2) is 11.7 Å². The molecule has 4 heteroatoms. The Labute approximate surface area is 80.2 Å². The van der Waals surface area contributed by atoms with E-state index in [1.165, 1.54) is 6.07 Å². The summed E-state index contributed by atoms with van der Waals surface area (Å²) in [7, 11) is 0. The molecule has 0 atom stereocenters. The summed E-state index contributed by atoms with van der Waals surface area (Å²) in [4.78, 5) is 11.0. The van der Waals surface area contributed by atoms with E-state index in [-0.39, 0.29) is 5.75 Å². The smallest absolute Gasteiger partial charge is 0.339 e. The SMILES string of the molecule is O=c1cc(O)cc(C2=CC=CNC2)o1. The standard InChI is InChI=1S/C10H9NO3/c12-8-4-9(14-10(13)5-8)7-2-1-3-11-6-7/h1-5,11-12H,6H2. The normalized spacial score (nSPS) is 14.7. The molecule has 0 aliphatic carbocycles. The van der Waals surface area contributed by atoms with Gasteiger partial charge in [-0.3, -0.25) is 0 Å². The highest BCUT2D eigenvalue weighted by molar-refractivity contribution is 5.66. The van der Waals surface area contributed by atoms with Crippen molar-refractivity contribution in [1.82, 2.24) is 5.32 Å². The van der Waals surface area contributed by atoms with Crippen molar-refractivity contribution in [1.29, 1.82) is 0 Å². The summed E-state index contributed by atoms with van der Waals surface area (Å²) in [6.07, 6.45) is 5.43. The molecule has 72 valence electrons. The van der Waals surface area contributed by atoms with Crippen molar-refractivity contribution in [3.8, 4) is 5.75 Å². The Balaban J connectivity index is 2.45. The van der Waals surface area contributed by atoms with Gasteiger partial charge in [-0.15, -0.1) is 0 Å². The van der Waals surface area contributed by atoms with Gasteiger partial charge in [-0.25, -0.2) is 4.79 Å². The van der Waals surface area contributed by atoms with Crippen LogP contribution in [0, 0.1) is 0 Å².